The van der Waals surface area contributed by atoms with Crippen LogP contribution in [0.1, 0.15) is 30.1 Å². The van der Waals surface area contributed by atoms with E-state index in [9.17, 15) is 18.3 Å². The molecule has 0 bridgehead atoms. The van der Waals surface area contributed by atoms with Crippen LogP contribution in [-0.4, -0.2) is 49.5 Å². The summed E-state index contributed by atoms with van der Waals surface area (Å²) >= 11 is 0. The lowest BCUT2D eigenvalue weighted by Gasteiger charge is -2.15. The van der Waals surface area contributed by atoms with Gasteiger partial charge in [0.25, 0.3) is 0 Å². The Kier molecular flexibility index (Phi) is 5.85. The third-order valence-electron chi connectivity index (χ3n) is 4.07. The molecule has 3 rings (SSSR count). The second-order valence-electron chi connectivity index (χ2n) is 6.56. The molecule has 1 atom stereocenters. The maximum atomic E-state index is 12.2. The standard InChI is InChI=1S/C19H21NO7S/c1-12(11-25-2)26-15-7-13(19(21)22)8-16(9-15)27-14-3-6-18(20-10-14)28(23,24)17-4-5-17/h3,6-10,12,17H,4-5,11H2,1-2H3,(H,21,22). The fourth-order valence-corrected chi connectivity index (χ4v) is 4.16. The fourth-order valence-electron chi connectivity index (χ4n) is 2.60. The summed E-state index contributed by atoms with van der Waals surface area (Å²) in [6.07, 6.45) is 2.34. The number of carbonyl (C=O) groups is 1. The van der Waals surface area contributed by atoms with Crippen LogP contribution in [0, 0.1) is 0 Å². The molecule has 1 aromatic carbocycles. The van der Waals surface area contributed by atoms with Gasteiger partial charge in [-0.1, -0.05) is 0 Å². The van der Waals surface area contributed by atoms with Crippen molar-refractivity contribution in [2.24, 2.45) is 0 Å². The molecule has 0 spiro atoms. The lowest BCUT2D eigenvalue weighted by atomic mass is 10.2. The Hall–Kier alpha value is -2.65. The zero-order valence-corrected chi connectivity index (χ0v) is 16.3. The normalized spacial score (nSPS) is 15.1. The Bertz CT molecular complexity index is 953. The first-order valence-electron chi connectivity index (χ1n) is 8.71. The average Bonchev–Trinajstić information content (AvgIpc) is 3.48. The highest BCUT2D eigenvalue weighted by Gasteiger charge is 2.37. The third kappa shape index (κ3) is 4.79. The lowest BCUT2D eigenvalue weighted by Crippen LogP contribution is -2.18. The zero-order chi connectivity index (χ0) is 20.3. The molecule has 1 aliphatic carbocycles. The molecule has 150 valence electrons. The van der Waals surface area contributed by atoms with Crippen molar-refractivity contribution in [1.29, 1.82) is 0 Å². The van der Waals surface area contributed by atoms with Gasteiger partial charge < -0.3 is 19.3 Å². The van der Waals surface area contributed by atoms with E-state index in [1.165, 1.54) is 30.5 Å². The van der Waals surface area contributed by atoms with Gasteiger partial charge in [-0.05, 0) is 44.0 Å². The molecule has 1 fully saturated rings. The molecule has 0 amide bonds. The minimum atomic E-state index is -3.38. The Morgan fingerprint density at radius 3 is 2.50 bits per heavy atom. The van der Waals surface area contributed by atoms with Crippen molar-refractivity contribution in [3.05, 3.63) is 42.1 Å². The average molecular weight is 407 g/mol. The smallest absolute Gasteiger partial charge is 0.335 e. The number of ether oxygens (including phenoxy) is 3. The van der Waals surface area contributed by atoms with Crippen molar-refractivity contribution in [1.82, 2.24) is 4.98 Å². The van der Waals surface area contributed by atoms with Crippen LogP contribution in [0.25, 0.3) is 0 Å². The summed E-state index contributed by atoms with van der Waals surface area (Å²) in [5.41, 5.74) is -0.00185. The lowest BCUT2D eigenvalue weighted by molar-refractivity contribution is 0.0693. The first-order chi connectivity index (χ1) is 13.3. The van der Waals surface area contributed by atoms with E-state index in [4.69, 9.17) is 14.2 Å². The molecule has 0 aliphatic heterocycles. The molecular formula is C19H21NO7S. The second-order valence-corrected chi connectivity index (χ2v) is 8.74. The van der Waals surface area contributed by atoms with Crippen LogP contribution in [-0.2, 0) is 14.6 Å². The number of nitrogens with zero attached hydrogens (tertiary/aromatic N) is 1. The summed E-state index contributed by atoms with van der Waals surface area (Å²) in [6.45, 7) is 2.13. The largest absolute Gasteiger partial charge is 0.488 e. The quantitative estimate of drug-likeness (QED) is 0.675. The van der Waals surface area contributed by atoms with E-state index in [-0.39, 0.29) is 33.4 Å². The van der Waals surface area contributed by atoms with Crippen LogP contribution in [0.15, 0.2) is 41.6 Å². The van der Waals surface area contributed by atoms with Crippen LogP contribution >= 0.6 is 0 Å². The second kappa shape index (κ2) is 8.15. The molecule has 1 saturated carbocycles. The summed E-state index contributed by atoms with van der Waals surface area (Å²) in [7, 11) is -1.83. The number of carboxylic acid groups (broad SMARTS) is 1. The maximum Gasteiger partial charge on any atom is 0.335 e. The van der Waals surface area contributed by atoms with Crippen LogP contribution in [0.5, 0.6) is 17.2 Å². The number of hydrogen-bond donors (Lipinski definition) is 1. The number of rotatable bonds is 9. The summed E-state index contributed by atoms with van der Waals surface area (Å²) in [4.78, 5) is 15.4. The van der Waals surface area contributed by atoms with Crippen molar-refractivity contribution >= 4 is 15.8 Å². The Morgan fingerprint density at radius 1 is 1.21 bits per heavy atom. The summed E-state index contributed by atoms with van der Waals surface area (Å²) in [5, 5.41) is 8.98. The number of aromatic nitrogens is 1. The molecular weight excluding hydrogens is 386 g/mol. The van der Waals surface area contributed by atoms with E-state index in [1.807, 2.05) is 0 Å². The summed E-state index contributed by atoms with van der Waals surface area (Å²) in [6, 6.07) is 7.18. The zero-order valence-electron chi connectivity index (χ0n) is 15.5. The van der Waals surface area contributed by atoms with Crippen molar-refractivity contribution < 1.29 is 32.5 Å². The predicted molar refractivity (Wildman–Crippen MR) is 99.9 cm³/mol. The van der Waals surface area contributed by atoms with E-state index in [1.54, 1.807) is 20.1 Å². The van der Waals surface area contributed by atoms with Crippen LogP contribution in [0.3, 0.4) is 0 Å². The molecule has 1 heterocycles. The van der Waals surface area contributed by atoms with E-state index in [0.29, 0.717) is 25.2 Å². The Morgan fingerprint density at radius 2 is 1.93 bits per heavy atom. The summed E-state index contributed by atoms with van der Waals surface area (Å²) in [5.74, 6) is -0.286. The van der Waals surface area contributed by atoms with Gasteiger partial charge in [0.05, 0.1) is 23.6 Å². The number of carboxylic acids is 1. The fraction of sp³-hybridized carbons (Fsp3) is 0.368. The first-order valence-corrected chi connectivity index (χ1v) is 10.3. The van der Waals surface area contributed by atoms with Crippen molar-refractivity contribution in [2.45, 2.75) is 36.1 Å². The number of pyridine rings is 1. The first kappa shape index (κ1) is 20.1. The molecule has 0 saturated heterocycles. The SMILES string of the molecule is COCC(C)Oc1cc(Oc2ccc(S(=O)(=O)C3CC3)nc2)cc(C(=O)O)c1. The molecule has 1 unspecified atom stereocenters. The van der Waals surface area contributed by atoms with E-state index in [0.717, 1.165) is 0 Å². The molecule has 1 N–H and O–H groups in total. The molecule has 8 nitrogen and oxygen atoms in total. The van der Waals surface area contributed by atoms with Gasteiger partial charge in [-0.3, -0.25) is 0 Å². The van der Waals surface area contributed by atoms with Gasteiger partial charge in [0.2, 0.25) is 0 Å². The highest BCUT2D eigenvalue weighted by Crippen LogP contribution is 2.33. The van der Waals surface area contributed by atoms with Crippen LogP contribution < -0.4 is 9.47 Å². The summed E-state index contributed by atoms with van der Waals surface area (Å²) < 4.78 is 40.7. The van der Waals surface area contributed by atoms with E-state index < -0.39 is 15.8 Å². The van der Waals surface area contributed by atoms with Gasteiger partial charge in [0.1, 0.15) is 23.4 Å². The number of hydrogen-bond acceptors (Lipinski definition) is 7. The topological polar surface area (TPSA) is 112 Å². The van der Waals surface area contributed by atoms with Gasteiger partial charge in [0.15, 0.2) is 14.9 Å². The molecule has 2 aromatic rings. The van der Waals surface area contributed by atoms with Crippen molar-refractivity contribution in [3.63, 3.8) is 0 Å². The van der Waals surface area contributed by atoms with Gasteiger partial charge >= 0.3 is 5.97 Å². The molecule has 28 heavy (non-hydrogen) atoms. The van der Waals surface area contributed by atoms with E-state index >= 15 is 0 Å². The maximum absolute atomic E-state index is 12.2. The van der Waals surface area contributed by atoms with Crippen molar-refractivity contribution in [2.75, 3.05) is 13.7 Å². The molecule has 1 aliphatic rings. The highest BCUT2D eigenvalue weighted by atomic mass is 32.2. The van der Waals surface area contributed by atoms with Gasteiger partial charge in [-0.25, -0.2) is 18.2 Å². The van der Waals surface area contributed by atoms with Gasteiger partial charge in [-0.2, -0.15) is 0 Å². The van der Waals surface area contributed by atoms with Crippen LogP contribution in [0.2, 0.25) is 0 Å². The molecule has 9 heteroatoms. The highest BCUT2D eigenvalue weighted by molar-refractivity contribution is 7.92. The Labute approximate surface area is 163 Å². The number of methoxy groups -OCH3 is 1. The molecule has 1 aromatic heterocycles. The van der Waals surface area contributed by atoms with Crippen molar-refractivity contribution in [3.8, 4) is 17.2 Å². The van der Waals surface area contributed by atoms with Gasteiger partial charge in [-0.15, -0.1) is 0 Å². The minimum Gasteiger partial charge on any atom is -0.488 e. The van der Waals surface area contributed by atoms with Crippen LogP contribution in [0.4, 0.5) is 0 Å². The Balaban J connectivity index is 1.80. The van der Waals surface area contributed by atoms with Gasteiger partial charge in [0, 0.05) is 13.2 Å². The predicted octanol–water partition coefficient (Wildman–Crippen LogP) is 2.92. The monoisotopic (exact) mass is 407 g/mol. The third-order valence-corrected chi connectivity index (χ3v) is 6.24. The minimum absolute atomic E-state index is 0.00185. The number of aromatic carboxylic acids is 1. The number of benzene rings is 1. The van der Waals surface area contributed by atoms with E-state index in [2.05, 4.69) is 4.98 Å². The number of sulfone groups is 1. The molecule has 0 radical (unpaired) electrons.